The van der Waals surface area contributed by atoms with E-state index >= 15 is 0 Å². The van der Waals surface area contributed by atoms with Gasteiger partial charge in [0.1, 0.15) is 0 Å². The number of rotatable bonds is 3. The second-order valence-corrected chi connectivity index (χ2v) is 6.83. The largest absolute Gasteiger partial charge is 0.481 e. The predicted octanol–water partition coefficient (Wildman–Crippen LogP) is 2.66. The molecule has 5 nitrogen and oxygen atoms in total. The molecule has 2 atom stereocenters. The van der Waals surface area contributed by atoms with E-state index in [1.807, 2.05) is 9.80 Å². The van der Waals surface area contributed by atoms with Gasteiger partial charge in [0.15, 0.2) is 0 Å². The van der Waals surface area contributed by atoms with E-state index < -0.39 is 5.97 Å². The van der Waals surface area contributed by atoms with Crippen LogP contribution in [0.1, 0.15) is 46.0 Å². The summed E-state index contributed by atoms with van der Waals surface area (Å²) in [5.41, 5.74) is 0. The second-order valence-electron chi connectivity index (χ2n) is 6.83. The highest BCUT2D eigenvalue weighted by molar-refractivity contribution is 5.74. The van der Waals surface area contributed by atoms with Crippen LogP contribution in [0.15, 0.2) is 0 Å². The highest BCUT2D eigenvalue weighted by atomic mass is 16.4. The van der Waals surface area contributed by atoms with Gasteiger partial charge in [-0.05, 0) is 43.4 Å². The number of nitrogens with zero attached hydrogens (tertiary/aromatic N) is 2. The average Bonchev–Trinajstić information content (AvgIpc) is 2.48. The lowest BCUT2D eigenvalue weighted by molar-refractivity contribution is -0.137. The highest BCUT2D eigenvalue weighted by Gasteiger charge is 2.30. The van der Waals surface area contributed by atoms with Gasteiger partial charge in [0.25, 0.3) is 0 Å². The Morgan fingerprint density at radius 3 is 2.19 bits per heavy atom. The fourth-order valence-corrected chi connectivity index (χ4v) is 3.38. The first-order valence-corrected chi connectivity index (χ1v) is 8.23. The third-order valence-corrected chi connectivity index (χ3v) is 5.26. The van der Waals surface area contributed by atoms with Gasteiger partial charge in [-0.25, -0.2) is 4.79 Å². The minimum Gasteiger partial charge on any atom is -0.481 e. The summed E-state index contributed by atoms with van der Waals surface area (Å²) in [5, 5.41) is 8.73. The Bertz CT molecular complexity index is 378. The number of likely N-dealkylation sites (tertiary alicyclic amines) is 2. The van der Waals surface area contributed by atoms with Crippen LogP contribution in [-0.2, 0) is 4.79 Å². The fourth-order valence-electron chi connectivity index (χ4n) is 3.38. The zero-order chi connectivity index (χ0) is 15.4. The van der Waals surface area contributed by atoms with E-state index in [0.717, 1.165) is 51.9 Å². The topological polar surface area (TPSA) is 60.9 Å². The van der Waals surface area contributed by atoms with Crippen molar-refractivity contribution < 1.29 is 14.7 Å². The molecule has 1 N–H and O–H groups in total. The normalized spacial score (nSPS) is 27.7. The van der Waals surface area contributed by atoms with Gasteiger partial charge in [0, 0.05) is 32.6 Å². The van der Waals surface area contributed by atoms with Gasteiger partial charge in [-0.3, -0.25) is 4.79 Å². The van der Waals surface area contributed by atoms with Crippen LogP contribution in [0.5, 0.6) is 0 Å². The number of hydrogen-bond acceptors (Lipinski definition) is 2. The molecule has 0 spiro atoms. The zero-order valence-electron chi connectivity index (χ0n) is 13.3. The van der Waals surface area contributed by atoms with Crippen LogP contribution in [0.25, 0.3) is 0 Å². The summed E-state index contributed by atoms with van der Waals surface area (Å²) in [7, 11) is 0. The summed E-state index contributed by atoms with van der Waals surface area (Å²) in [4.78, 5) is 27.1. The van der Waals surface area contributed by atoms with Crippen molar-refractivity contribution in [2.24, 2.45) is 17.8 Å². The molecule has 2 fully saturated rings. The fraction of sp³-hybridized carbons (Fsp3) is 0.875. The van der Waals surface area contributed by atoms with Gasteiger partial charge in [0.05, 0.1) is 0 Å². The van der Waals surface area contributed by atoms with E-state index in [9.17, 15) is 9.59 Å². The molecule has 0 radical (unpaired) electrons. The molecule has 0 saturated carbocycles. The van der Waals surface area contributed by atoms with E-state index in [0.29, 0.717) is 17.8 Å². The van der Waals surface area contributed by atoms with Crippen molar-refractivity contribution in [2.75, 3.05) is 26.2 Å². The maximum atomic E-state index is 12.5. The van der Waals surface area contributed by atoms with Crippen LogP contribution in [0.4, 0.5) is 4.79 Å². The smallest absolute Gasteiger partial charge is 0.320 e. The summed E-state index contributed by atoms with van der Waals surface area (Å²) >= 11 is 0. The first-order chi connectivity index (χ1) is 9.97. The first kappa shape index (κ1) is 16.1. The monoisotopic (exact) mass is 296 g/mol. The third-order valence-electron chi connectivity index (χ3n) is 5.26. The number of carbonyl (C=O) groups is 2. The number of amides is 2. The minimum atomic E-state index is -0.718. The number of hydrogen-bond donors (Lipinski definition) is 1. The Morgan fingerprint density at radius 1 is 1.00 bits per heavy atom. The number of carbonyl (C=O) groups excluding carboxylic acids is 1. The van der Waals surface area contributed by atoms with E-state index in [2.05, 4.69) is 13.8 Å². The van der Waals surface area contributed by atoms with Crippen molar-refractivity contribution in [3.63, 3.8) is 0 Å². The van der Waals surface area contributed by atoms with Gasteiger partial charge in [-0.2, -0.15) is 0 Å². The molecule has 120 valence electrons. The molecule has 0 bridgehead atoms. The third kappa shape index (κ3) is 4.35. The lowest BCUT2D eigenvalue weighted by Crippen LogP contribution is -2.50. The lowest BCUT2D eigenvalue weighted by atomic mass is 9.88. The van der Waals surface area contributed by atoms with Gasteiger partial charge in [-0.1, -0.05) is 13.8 Å². The van der Waals surface area contributed by atoms with Crippen molar-refractivity contribution in [1.82, 2.24) is 9.80 Å². The molecule has 2 amide bonds. The van der Waals surface area contributed by atoms with Crippen LogP contribution >= 0.6 is 0 Å². The maximum Gasteiger partial charge on any atom is 0.320 e. The van der Waals surface area contributed by atoms with Crippen molar-refractivity contribution in [1.29, 1.82) is 0 Å². The van der Waals surface area contributed by atoms with Crippen LogP contribution in [0.3, 0.4) is 0 Å². The highest BCUT2D eigenvalue weighted by Crippen LogP contribution is 2.26. The van der Waals surface area contributed by atoms with Crippen LogP contribution < -0.4 is 0 Å². The standard InChI is InChI=1S/C16H28N2O3/c1-12-5-8-18(11-13(12)2)16(21)17-9-6-14(7-10-17)3-4-15(19)20/h12-14H,3-11H2,1-2H3,(H,19,20). The Balaban J connectivity index is 1.76. The second kappa shape index (κ2) is 7.14. The van der Waals surface area contributed by atoms with Gasteiger partial charge >= 0.3 is 12.0 Å². The molecule has 2 unspecified atom stereocenters. The van der Waals surface area contributed by atoms with Crippen LogP contribution in [0, 0.1) is 17.8 Å². The molecular weight excluding hydrogens is 268 g/mol. The molecule has 2 saturated heterocycles. The Morgan fingerprint density at radius 2 is 1.62 bits per heavy atom. The maximum absolute atomic E-state index is 12.5. The van der Waals surface area contributed by atoms with Gasteiger partial charge in [0.2, 0.25) is 0 Å². The zero-order valence-corrected chi connectivity index (χ0v) is 13.3. The first-order valence-electron chi connectivity index (χ1n) is 8.23. The Labute approximate surface area is 127 Å². The summed E-state index contributed by atoms with van der Waals surface area (Å²) in [6, 6.07) is 0.186. The molecule has 0 aromatic carbocycles. The minimum absolute atomic E-state index is 0.186. The summed E-state index contributed by atoms with van der Waals surface area (Å²) < 4.78 is 0. The predicted molar refractivity (Wildman–Crippen MR) is 81.1 cm³/mol. The lowest BCUT2D eigenvalue weighted by Gasteiger charge is -2.40. The summed E-state index contributed by atoms with van der Waals surface area (Å²) in [6.07, 6.45) is 3.98. The molecule has 0 aromatic rings. The average molecular weight is 296 g/mol. The van der Waals surface area contributed by atoms with Crippen LogP contribution in [0.2, 0.25) is 0 Å². The van der Waals surface area contributed by atoms with E-state index in [4.69, 9.17) is 5.11 Å². The van der Waals surface area contributed by atoms with Gasteiger partial charge in [-0.15, -0.1) is 0 Å². The molecule has 5 heteroatoms. The molecule has 2 aliphatic heterocycles. The van der Waals surface area contributed by atoms with E-state index in [-0.39, 0.29) is 12.5 Å². The van der Waals surface area contributed by atoms with E-state index in [1.165, 1.54) is 0 Å². The molecule has 0 aromatic heterocycles. The number of aliphatic carboxylic acids is 1. The van der Waals surface area contributed by atoms with Crippen molar-refractivity contribution in [3.05, 3.63) is 0 Å². The number of piperidine rings is 2. The van der Waals surface area contributed by atoms with Crippen molar-refractivity contribution in [2.45, 2.75) is 46.0 Å². The molecular formula is C16H28N2O3. The number of urea groups is 1. The molecule has 2 aliphatic rings. The Hall–Kier alpha value is -1.26. The Kier molecular flexibility index (Phi) is 5.48. The van der Waals surface area contributed by atoms with Crippen molar-refractivity contribution >= 4 is 12.0 Å². The SMILES string of the molecule is CC1CCN(C(=O)N2CCC(CCC(=O)O)CC2)CC1C. The van der Waals surface area contributed by atoms with E-state index in [1.54, 1.807) is 0 Å². The van der Waals surface area contributed by atoms with Crippen LogP contribution in [-0.4, -0.2) is 53.1 Å². The molecule has 2 heterocycles. The molecule has 0 aliphatic carbocycles. The summed E-state index contributed by atoms with van der Waals surface area (Å²) in [6.45, 7) is 7.80. The number of carboxylic acid groups (broad SMARTS) is 1. The van der Waals surface area contributed by atoms with Gasteiger partial charge < -0.3 is 14.9 Å². The summed E-state index contributed by atoms with van der Waals surface area (Å²) in [5.74, 6) is 1.03. The quantitative estimate of drug-likeness (QED) is 0.871. The molecule has 21 heavy (non-hydrogen) atoms. The molecule has 2 rings (SSSR count). The van der Waals surface area contributed by atoms with Crippen molar-refractivity contribution in [3.8, 4) is 0 Å². The number of carboxylic acids is 1.